The molecule has 1 amide bonds. The van der Waals surface area contributed by atoms with Gasteiger partial charge in [-0.2, -0.15) is 0 Å². The van der Waals surface area contributed by atoms with E-state index in [9.17, 15) is 4.79 Å². The number of hydrogen-bond donors (Lipinski definition) is 1. The normalized spacial score (nSPS) is 16.8. The van der Waals surface area contributed by atoms with Crippen molar-refractivity contribution in [2.24, 2.45) is 4.99 Å². The van der Waals surface area contributed by atoms with Crippen LogP contribution < -0.4 is 5.32 Å². The van der Waals surface area contributed by atoms with Gasteiger partial charge in [0, 0.05) is 5.75 Å². The minimum atomic E-state index is -0.123. The fourth-order valence-corrected chi connectivity index (χ4v) is 2.61. The summed E-state index contributed by atoms with van der Waals surface area (Å²) in [6.07, 6.45) is 7.84. The van der Waals surface area contributed by atoms with Crippen LogP contribution in [0.5, 0.6) is 0 Å². The van der Waals surface area contributed by atoms with Crippen molar-refractivity contribution in [3.05, 3.63) is 53.7 Å². The molecule has 20 heavy (non-hydrogen) atoms. The molecule has 0 saturated heterocycles. The number of aliphatic imine (C=N–C) groups is 1. The summed E-state index contributed by atoms with van der Waals surface area (Å²) in [4.78, 5) is 16.0. The number of allylic oxidation sites excluding steroid dienone is 2. The predicted octanol–water partition coefficient (Wildman–Crippen LogP) is 3.60. The molecule has 0 unspecified atom stereocenters. The van der Waals surface area contributed by atoms with E-state index in [1.54, 1.807) is 17.8 Å². The summed E-state index contributed by atoms with van der Waals surface area (Å²) >= 11 is 1.60. The molecular weight excluding hydrogens is 268 g/mol. The van der Waals surface area contributed by atoms with E-state index in [2.05, 4.69) is 17.2 Å². The molecule has 1 aliphatic heterocycles. The minimum Gasteiger partial charge on any atom is -0.300 e. The first-order valence-electron chi connectivity index (χ1n) is 6.76. The molecular formula is C16H18N2OS. The molecule has 2 rings (SSSR count). The highest BCUT2D eigenvalue weighted by atomic mass is 32.2. The molecule has 0 bridgehead atoms. The number of nitrogens with zero attached hydrogens (tertiary/aromatic N) is 1. The number of benzene rings is 1. The molecule has 0 saturated carbocycles. The summed E-state index contributed by atoms with van der Waals surface area (Å²) in [5, 5.41) is 3.49. The Labute approximate surface area is 123 Å². The van der Waals surface area contributed by atoms with E-state index < -0.39 is 0 Å². The first kappa shape index (κ1) is 14.6. The van der Waals surface area contributed by atoms with Gasteiger partial charge < -0.3 is 0 Å². The minimum absolute atomic E-state index is 0.123. The number of rotatable bonds is 5. The molecule has 0 fully saturated rings. The molecule has 1 heterocycles. The highest BCUT2D eigenvalue weighted by Crippen LogP contribution is 2.15. The van der Waals surface area contributed by atoms with Crippen LogP contribution in [0.3, 0.4) is 0 Å². The van der Waals surface area contributed by atoms with Gasteiger partial charge in [0.2, 0.25) is 0 Å². The lowest BCUT2D eigenvalue weighted by molar-refractivity contribution is -0.115. The Hall–Kier alpha value is -1.81. The third kappa shape index (κ3) is 4.38. The van der Waals surface area contributed by atoms with Crippen molar-refractivity contribution in [2.45, 2.75) is 19.8 Å². The quantitative estimate of drug-likeness (QED) is 0.663. The molecule has 1 N–H and O–H groups in total. The van der Waals surface area contributed by atoms with Crippen molar-refractivity contribution in [3.8, 4) is 0 Å². The fraction of sp³-hybridized carbons (Fsp3) is 0.250. The Kier molecular flexibility index (Phi) is 5.62. The van der Waals surface area contributed by atoms with Crippen molar-refractivity contribution in [2.75, 3.05) is 5.75 Å². The zero-order chi connectivity index (χ0) is 14.2. The van der Waals surface area contributed by atoms with Gasteiger partial charge in [-0.15, -0.1) is 0 Å². The van der Waals surface area contributed by atoms with Crippen molar-refractivity contribution in [1.82, 2.24) is 5.32 Å². The van der Waals surface area contributed by atoms with Crippen LogP contribution in [0.2, 0.25) is 0 Å². The zero-order valence-electron chi connectivity index (χ0n) is 11.5. The van der Waals surface area contributed by atoms with E-state index >= 15 is 0 Å². The lowest BCUT2D eigenvalue weighted by Crippen LogP contribution is -2.21. The SMILES string of the molecule is CCCCSC1=N/C(=C\C=C\c2ccccc2)C(=O)N1. The maximum Gasteiger partial charge on any atom is 0.275 e. The molecule has 0 aromatic heterocycles. The summed E-state index contributed by atoms with van der Waals surface area (Å²) in [6.45, 7) is 2.15. The van der Waals surface area contributed by atoms with E-state index in [4.69, 9.17) is 0 Å². The number of nitrogens with one attached hydrogen (secondary N) is 1. The second kappa shape index (κ2) is 7.70. The predicted molar refractivity (Wildman–Crippen MR) is 86.5 cm³/mol. The second-order valence-corrected chi connectivity index (χ2v) is 5.48. The monoisotopic (exact) mass is 286 g/mol. The first-order chi connectivity index (χ1) is 9.79. The van der Waals surface area contributed by atoms with Gasteiger partial charge in [-0.1, -0.05) is 67.6 Å². The van der Waals surface area contributed by atoms with Gasteiger partial charge in [-0.25, -0.2) is 4.99 Å². The summed E-state index contributed by atoms with van der Waals surface area (Å²) in [7, 11) is 0. The zero-order valence-corrected chi connectivity index (χ0v) is 12.3. The standard InChI is InChI=1S/C16H18N2OS/c1-2-3-12-20-16-17-14(15(19)18-16)11-7-10-13-8-5-4-6-9-13/h4-11H,2-3,12H2,1H3,(H,17,18,19)/b10-7+,14-11-. The molecule has 1 aromatic carbocycles. The summed E-state index contributed by atoms with van der Waals surface area (Å²) in [5.41, 5.74) is 1.57. The number of amidine groups is 1. The largest absolute Gasteiger partial charge is 0.300 e. The van der Waals surface area contributed by atoms with E-state index in [1.165, 1.54) is 0 Å². The Bertz CT molecular complexity index is 547. The van der Waals surface area contributed by atoms with Gasteiger partial charge >= 0.3 is 0 Å². The van der Waals surface area contributed by atoms with Crippen molar-refractivity contribution in [1.29, 1.82) is 0 Å². The summed E-state index contributed by atoms with van der Waals surface area (Å²) in [6, 6.07) is 9.97. The summed E-state index contributed by atoms with van der Waals surface area (Å²) < 4.78 is 0. The average Bonchev–Trinajstić information content (AvgIpc) is 2.81. The van der Waals surface area contributed by atoms with Crippen molar-refractivity contribution >= 4 is 28.9 Å². The highest BCUT2D eigenvalue weighted by Gasteiger charge is 2.18. The molecule has 4 heteroatoms. The summed E-state index contributed by atoms with van der Waals surface area (Å²) in [5.74, 6) is 0.865. The van der Waals surface area contributed by atoms with Gasteiger partial charge in [-0.05, 0) is 18.1 Å². The Morgan fingerprint density at radius 1 is 1.30 bits per heavy atom. The number of hydrogen-bond acceptors (Lipinski definition) is 3. The van der Waals surface area contributed by atoms with E-state index in [0.717, 1.165) is 24.2 Å². The topological polar surface area (TPSA) is 41.5 Å². The van der Waals surface area contributed by atoms with E-state index in [-0.39, 0.29) is 5.91 Å². The number of carbonyl (C=O) groups excluding carboxylic acids is 1. The van der Waals surface area contributed by atoms with Crippen LogP contribution in [0.1, 0.15) is 25.3 Å². The van der Waals surface area contributed by atoms with Crippen LogP contribution in [0.15, 0.2) is 53.2 Å². The first-order valence-corrected chi connectivity index (χ1v) is 7.74. The van der Waals surface area contributed by atoms with Crippen LogP contribution in [0.25, 0.3) is 6.08 Å². The molecule has 1 aliphatic rings. The van der Waals surface area contributed by atoms with Crippen molar-refractivity contribution < 1.29 is 4.79 Å². The van der Waals surface area contributed by atoms with Crippen LogP contribution in [0.4, 0.5) is 0 Å². The molecule has 0 atom stereocenters. The third-order valence-electron chi connectivity index (χ3n) is 2.75. The lowest BCUT2D eigenvalue weighted by Gasteiger charge is -1.97. The van der Waals surface area contributed by atoms with E-state index in [0.29, 0.717) is 10.9 Å². The number of carbonyl (C=O) groups is 1. The Morgan fingerprint density at radius 3 is 2.85 bits per heavy atom. The molecule has 0 spiro atoms. The fourth-order valence-electron chi connectivity index (χ4n) is 1.66. The van der Waals surface area contributed by atoms with Gasteiger partial charge in [0.05, 0.1) is 0 Å². The molecule has 3 nitrogen and oxygen atoms in total. The Morgan fingerprint density at radius 2 is 2.10 bits per heavy atom. The second-order valence-electron chi connectivity index (χ2n) is 4.39. The van der Waals surface area contributed by atoms with Crippen LogP contribution >= 0.6 is 11.8 Å². The highest BCUT2D eigenvalue weighted by molar-refractivity contribution is 8.13. The van der Waals surface area contributed by atoms with Crippen LogP contribution in [-0.2, 0) is 4.79 Å². The van der Waals surface area contributed by atoms with Gasteiger partial charge in [0.1, 0.15) is 5.70 Å². The molecule has 1 aromatic rings. The number of unbranched alkanes of at least 4 members (excludes halogenated alkanes) is 1. The van der Waals surface area contributed by atoms with Gasteiger partial charge in [0.25, 0.3) is 5.91 Å². The smallest absolute Gasteiger partial charge is 0.275 e. The van der Waals surface area contributed by atoms with Crippen molar-refractivity contribution in [3.63, 3.8) is 0 Å². The molecule has 104 valence electrons. The third-order valence-corrected chi connectivity index (χ3v) is 3.71. The lowest BCUT2D eigenvalue weighted by atomic mass is 10.2. The molecule has 0 aliphatic carbocycles. The van der Waals surface area contributed by atoms with E-state index in [1.807, 2.05) is 42.5 Å². The number of amides is 1. The molecule has 0 radical (unpaired) electrons. The average molecular weight is 286 g/mol. The van der Waals surface area contributed by atoms with Gasteiger partial charge in [-0.3, -0.25) is 10.1 Å². The van der Waals surface area contributed by atoms with Crippen LogP contribution in [-0.4, -0.2) is 16.8 Å². The maximum atomic E-state index is 11.7. The van der Waals surface area contributed by atoms with Crippen LogP contribution in [0, 0.1) is 0 Å². The maximum absolute atomic E-state index is 11.7. The number of thioether (sulfide) groups is 1. The Balaban J connectivity index is 1.95. The van der Waals surface area contributed by atoms with Gasteiger partial charge in [0.15, 0.2) is 5.17 Å².